The Balaban J connectivity index is 1.58. The summed E-state index contributed by atoms with van der Waals surface area (Å²) in [6, 6.07) is 13.3. The van der Waals surface area contributed by atoms with Crippen LogP contribution in [0.5, 0.6) is 0 Å². The maximum Gasteiger partial charge on any atom is 0.341 e. The fourth-order valence-corrected chi connectivity index (χ4v) is 4.51. The number of aromatic carboxylic acids is 1. The molecule has 0 bridgehead atoms. The number of carboxylic acids is 1. The van der Waals surface area contributed by atoms with Crippen LogP contribution in [0.3, 0.4) is 0 Å². The molecule has 0 amide bonds. The van der Waals surface area contributed by atoms with E-state index in [1.54, 1.807) is 24.0 Å². The number of rotatable bonds is 5. The number of carboxylic acid groups (broad SMARTS) is 1. The smallest absolute Gasteiger partial charge is 0.341 e. The number of nitriles is 1. The lowest BCUT2D eigenvalue weighted by Crippen LogP contribution is -2.42. The van der Waals surface area contributed by atoms with E-state index in [0.717, 1.165) is 16.2 Å². The molecule has 31 heavy (non-hydrogen) atoms. The van der Waals surface area contributed by atoms with E-state index in [4.69, 9.17) is 0 Å². The molecule has 4 heterocycles. The van der Waals surface area contributed by atoms with E-state index in [1.807, 2.05) is 36.7 Å². The number of carbonyl (C=O) groups is 1. The van der Waals surface area contributed by atoms with Crippen molar-refractivity contribution in [1.82, 2.24) is 14.3 Å². The van der Waals surface area contributed by atoms with E-state index in [1.165, 1.54) is 10.5 Å². The SMILES string of the molecule is CSc1ccc(C2(C#N)CCN(Cc3cc(C(=O)O)c(=O)n4ccccc34)CC2)nc1. The maximum atomic E-state index is 12.5. The van der Waals surface area contributed by atoms with Crippen molar-refractivity contribution < 1.29 is 9.90 Å². The Morgan fingerprint density at radius 3 is 2.68 bits per heavy atom. The van der Waals surface area contributed by atoms with Gasteiger partial charge in [-0.1, -0.05) is 6.07 Å². The van der Waals surface area contributed by atoms with Crippen LogP contribution >= 0.6 is 11.8 Å². The molecule has 0 saturated carbocycles. The van der Waals surface area contributed by atoms with Gasteiger partial charge in [0.15, 0.2) is 0 Å². The first-order valence-electron chi connectivity index (χ1n) is 9.98. The van der Waals surface area contributed by atoms with Crippen molar-refractivity contribution in [3.05, 3.63) is 76.0 Å². The standard InChI is InChI=1S/C23H22N4O3S/c1-31-17-5-6-20(25-13-17)23(15-24)7-10-26(11-8-23)14-16-12-18(22(29)30)21(28)27-9-3-2-4-19(16)27/h2-6,9,12-13H,7-8,10-11,14H2,1H3,(H,29,30). The van der Waals surface area contributed by atoms with Crippen LogP contribution in [0.15, 0.2) is 58.5 Å². The number of hydrogen-bond donors (Lipinski definition) is 1. The Bertz CT molecular complexity index is 1220. The van der Waals surface area contributed by atoms with Crippen molar-refractivity contribution in [2.45, 2.75) is 29.7 Å². The zero-order valence-corrected chi connectivity index (χ0v) is 17.9. The van der Waals surface area contributed by atoms with Gasteiger partial charge in [0.05, 0.1) is 17.3 Å². The molecular formula is C23H22N4O3S. The summed E-state index contributed by atoms with van der Waals surface area (Å²) in [4.78, 5) is 31.8. The molecule has 8 heteroatoms. The first kappa shape index (κ1) is 21.1. The fourth-order valence-electron chi connectivity index (χ4n) is 4.14. The van der Waals surface area contributed by atoms with Crippen molar-refractivity contribution in [1.29, 1.82) is 5.26 Å². The Morgan fingerprint density at radius 2 is 2.06 bits per heavy atom. The van der Waals surface area contributed by atoms with Crippen LogP contribution in [-0.2, 0) is 12.0 Å². The van der Waals surface area contributed by atoms with E-state index in [2.05, 4.69) is 16.0 Å². The third-order valence-electron chi connectivity index (χ3n) is 5.97. The molecule has 1 aliphatic rings. The van der Waals surface area contributed by atoms with Crippen LogP contribution < -0.4 is 5.56 Å². The Morgan fingerprint density at radius 1 is 1.29 bits per heavy atom. The van der Waals surface area contributed by atoms with Gasteiger partial charge in [-0.3, -0.25) is 19.1 Å². The molecule has 0 aromatic carbocycles. The zero-order valence-electron chi connectivity index (χ0n) is 17.1. The molecule has 0 atom stereocenters. The number of hydrogen-bond acceptors (Lipinski definition) is 6. The van der Waals surface area contributed by atoms with Crippen molar-refractivity contribution in [2.24, 2.45) is 0 Å². The lowest BCUT2D eigenvalue weighted by molar-refractivity contribution is 0.0694. The van der Waals surface area contributed by atoms with Crippen LogP contribution in [0.4, 0.5) is 0 Å². The van der Waals surface area contributed by atoms with Crippen LogP contribution in [0.2, 0.25) is 0 Å². The minimum absolute atomic E-state index is 0.236. The third-order valence-corrected chi connectivity index (χ3v) is 6.68. The van der Waals surface area contributed by atoms with Crippen molar-refractivity contribution in [2.75, 3.05) is 19.3 Å². The summed E-state index contributed by atoms with van der Waals surface area (Å²) in [5.74, 6) is -1.23. The molecule has 0 aliphatic carbocycles. The molecule has 0 unspecified atom stereocenters. The highest BCUT2D eigenvalue weighted by molar-refractivity contribution is 7.98. The van der Waals surface area contributed by atoms with E-state index in [-0.39, 0.29) is 5.56 Å². The topological polar surface area (TPSA) is 98.7 Å². The average Bonchev–Trinajstić information content (AvgIpc) is 2.81. The number of nitrogens with zero attached hydrogens (tertiary/aromatic N) is 4. The van der Waals surface area contributed by atoms with Crippen molar-refractivity contribution >= 4 is 23.2 Å². The molecule has 4 rings (SSSR count). The van der Waals surface area contributed by atoms with Gasteiger partial charge in [0.25, 0.3) is 5.56 Å². The molecule has 158 valence electrons. The number of pyridine rings is 3. The third kappa shape index (κ3) is 3.94. The molecule has 0 radical (unpaired) electrons. The summed E-state index contributed by atoms with van der Waals surface area (Å²) in [5.41, 5.74) is 0.898. The first-order valence-corrected chi connectivity index (χ1v) is 11.2. The molecule has 0 spiro atoms. The van der Waals surface area contributed by atoms with Gasteiger partial charge in [0, 0.05) is 36.9 Å². The summed E-state index contributed by atoms with van der Waals surface area (Å²) < 4.78 is 1.39. The van der Waals surface area contributed by atoms with Crippen LogP contribution in [0.25, 0.3) is 5.52 Å². The molecule has 3 aromatic heterocycles. The normalized spacial score (nSPS) is 16.1. The molecule has 1 fully saturated rings. The molecular weight excluding hydrogens is 412 g/mol. The number of aromatic nitrogens is 2. The van der Waals surface area contributed by atoms with Gasteiger partial charge in [-0.05, 0) is 55.0 Å². The highest BCUT2D eigenvalue weighted by Gasteiger charge is 2.37. The predicted octanol–water partition coefficient (Wildman–Crippen LogP) is 3.17. The van der Waals surface area contributed by atoms with Gasteiger partial charge in [0.2, 0.25) is 0 Å². The number of likely N-dealkylation sites (tertiary alicyclic amines) is 1. The van der Waals surface area contributed by atoms with E-state index in [0.29, 0.717) is 38.0 Å². The summed E-state index contributed by atoms with van der Waals surface area (Å²) in [7, 11) is 0. The van der Waals surface area contributed by atoms with Crippen LogP contribution in [-0.4, -0.2) is 44.7 Å². The van der Waals surface area contributed by atoms with Gasteiger partial charge in [-0.25, -0.2) is 4.79 Å². The van der Waals surface area contributed by atoms with E-state index < -0.39 is 16.9 Å². The fraction of sp³-hybridized carbons (Fsp3) is 0.304. The molecule has 1 N–H and O–H groups in total. The summed E-state index contributed by atoms with van der Waals surface area (Å²) in [6.07, 6.45) is 6.69. The lowest BCUT2D eigenvalue weighted by atomic mass is 9.76. The van der Waals surface area contributed by atoms with Crippen LogP contribution in [0.1, 0.15) is 34.5 Å². The number of piperidine rings is 1. The van der Waals surface area contributed by atoms with E-state index >= 15 is 0 Å². The predicted molar refractivity (Wildman–Crippen MR) is 118 cm³/mol. The average molecular weight is 435 g/mol. The van der Waals surface area contributed by atoms with Gasteiger partial charge in [-0.2, -0.15) is 5.26 Å². The minimum Gasteiger partial charge on any atom is -0.477 e. The van der Waals surface area contributed by atoms with Gasteiger partial charge >= 0.3 is 5.97 Å². The van der Waals surface area contributed by atoms with Gasteiger partial charge in [-0.15, -0.1) is 11.8 Å². The zero-order chi connectivity index (χ0) is 22.0. The van der Waals surface area contributed by atoms with Crippen LogP contribution in [0, 0.1) is 11.3 Å². The maximum absolute atomic E-state index is 12.5. The Hall–Kier alpha value is -3.15. The summed E-state index contributed by atoms with van der Waals surface area (Å²) in [6.45, 7) is 1.87. The van der Waals surface area contributed by atoms with Gasteiger partial charge in [0.1, 0.15) is 11.0 Å². The first-order chi connectivity index (χ1) is 15.0. The summed E-state index contributed by atoms with van der Waals surface area (Å²) >= 11 is 1.62. The highest BCUT2D eigenvalue weighted by Crippen LogP contribution is 2.35. The second-order valence-corrected chi connectivity index (χ2v) is 8.58. The second-order valence-electron chi connectivity index (χ2n) is 7.70. The van der Waals surface area contributed by atoms with Gasteiger partial charge < -0.3 is 5.11 Å². The van der Waals surface area contributed by atoms with Crippen molar-refractivity contribution in [3.8, 4) is 6.07 Å². The number of fused-ring (bicyclic) bond motifs is 1. The minimum atomic E-state index is -1.23. The Labute approximate surface area is 184 Å². The molecule has 3 aromatic rings. The second kappa shape index (κ2) is 8.53. The summed E-state index contributed by atoms with van der Waals surface area (Å²) in [5, 5.41) is 19.4. The number of thioether (sulfide) groups is 1. The molecule has 1 saturated heterocycles. The largest absolute Gasteiger partial charge is 0.477 e. The lowest BCUT2D eigenvalue weighted by Gasteiger charge is -2.37. The highest BCUT2D eigenvalue weighted by atomic mass is 32.2. The molecule has 7 nitrogen and oxygen atoms in total. The molecule has 1 aliphatic heterocycles. The Kier molecular flexibility index (Phi) is 5.81. The quantitative estimate of drug-likeness (QED) is 0.616. The van der Waals surface area contributed by atoms with E-state index in [9.17, 15) is 20.0 Å². The van der Waals surface area contributed by atoms with Crippen molar-refractivity contribution in [3.63, 3.8) is 0 Å². The monoisotopic (exact) mass is 434 g/mol.